The van der Waals surface area contributed by atoms with Crippen molar-refractivity contribution in [2.75, 3.05) is 21.2 Å². The SMILES string of the molecule is COc1ccc(C2C(C#N)=C(N)SC2C(=O)NC(=O)N(C)C)cc1. The number of hydrogen-bond acceptors (Lipinski definition) is 6. The van der Waals surface area contributed by atoms with Crippen molar-refractivity contribution in [2.45, 2.75) is 11.2 Å². The highest BCUT2D eigenvalue weighted by atomic mass is 32.2. The van der Waals surface area contributed by atoms with Crippen LogP contribution in [-0.2, 0) is 4.79 Å². The summed E-state index contributed by atoms with van der Waals surface area (Å²) >= 11 is 1.09. The third kappa shape index (κ3) is 3.46. The van der Waals surface area contributed by atoms with Crippen LogP contribution in [0.4, 0.5) is 4.79 Å². The van der Waals surface area contributed by atoms with E-state index in [4.69, 9.17) is 10.5 Å². The fraction of sp³-hybridized carbons (Fsp3) is 0.312. The summed E-state index contributed by atoms with van der Waals surface area (Å²) < 4.78 is 5.12. The largest absolute Gasteiger partial charge is 0.497 e. The van der Waals surface area contributed by atoms with E-state index in [2.05, 4.69) is 11.4 Å². The number of nitrogens with zero attached hydrogens (tertiary/aromatic N) is 2. The average Bonchev–Trinajstić information content (AvgIpc) is 2.91. The molecule has 0 spiro atoms. The first-order chi connectivity index (χ1) is 11.4. The van der Waals surface area contributed by atoms with Crippen LogP contribution in [-0.4, -0.2) is 43.3 Å². The normalized spacial score (nSPS) is 19.6. The molecule has 2 unspecified atom stereocenters. The van der Waals surface area contributed by atoms with Crippen molar-refractivity contribution in [3.8, 4) is 11.8 Å². The molecule has 24 heavy (non-hydrogen) atoms. The molecule has 0 bridgehead atoms. The van der Waals surface area contributed by atoms with Gasteiger partial charge in [0.1, 0.15) is 11.0 Å². The van der Waals surface area contributed by atoms with Crippen LogP contribution >= 0.6 is 11.8 Å². The Morgan fingerprint density at radius 3 is 2.46 bits per heavy atom. The van der Waals surface area contributed by atoms with Crippen LogP contribution < -0.4 is 15.8 Å². The Hall–Kier alpha value is -2.66. The molecule has 1 aromatic carbocycles. The number of imide groups is 1. The molecule has 0 fully saturated rings. The first-order valence-corrected chi connectivity index (χ1v) is 7.99. The average molecular weight is 346 g/mol. The van der Waals surface area contributed by atoms with Gasteiger partial charge in [-0.3, -0.25) is 10.1 Å². The second kappa shape index (κ2) is 7.27. The lowest BCUT2D eigenvalue weighted by molar-refractivity contribution is -0.119. The molecule has 1 aliphatic rings. The van der Waals surface area contributed by atoms with Crippen molar-refractivity contribution in [3.05, 3.63) is 40.4 Å². The van der Waals surface area contributed by atoms with Crippen LogP contribution in [0.3, 0.4) is 0 Å². The Morgan fingerprint density at radius 1 is 1.33 bits per heavy atom. The smallest absolute Gasteiger partial charge is 0.323 e. The van der Waals surface area contributed by atoms with Gasteiger partial charge in [-0.05, 0) is 17.7 Å². The number of nitriles is 1. The minimum atomic E-state index is -0.683. The van der Waals surface area contributed by atoms with Crippen LogP contribution in [0.5, 0.6) is 5.75 Å². The van der Waals surface area contributed by atoms with E-state index in [1.54, 1.807) is 45.5 Å². The van der Waals surface area contributed by atoms with Crippen LogP contribution in [0, 0.1) is 11.3 Å². The number of benzene rings is 1. The molecular weight excluding hydrogens is 328 g/mol. The highest BCUT2D eigenvalue weighted by Crippen LogP contribution is 2.45. The van der Waals surface area contributed by atoms with Crippen molar-refractivity contribution >= 4 is 23.7 Å². The van der Waals surface area contributed by atoms with E-state index in [0.29, 0.717) is 16.4 Å². The van der Waals surface area contributed by atoms with Crippen molar-refractivity contribution in [1.82, 2.24) is 10.2 Å². The van der Waals surface area contributed by atoms with Gasteiger partial charge < -0.3 is 15.4 Å². The molecule has 1 heterocycles. The number of allylic oxidation sites excluding steroid dienone is 1. The molecule has 0 aromatic heterocycles. The second-order valence-electron chi connectivity index (χ2n) is 5.37. The van der Waals surface area contributed by atoms with Gasteiger partial charge >= 0.3 is 6.03 Å². The highest BCUT2D eigenvalue weighted by molar-refractivity contribution is 8.04. The number of rotatable bonds is 3. The number of urea groups is 1. The molecule has 7 nitrogen and oxygen atoms in total. The summed E-state index contributed by atoms with van der Waals surface area (Å²) in [6.07, 6.45) is 0. The molecule has 2 rings (SSSR count). The van der Waals surface area contributed by atoms with Gasteiger partial charge in [0.15, 0.2) is 0 Å². The molecule has 1 aliphatic heterocycles. The number of nitrogens with one attached hydrogen (secondary N) is 1. The Balaban J connectivity index is 2.32. The number of carbonyl (C=O) groups is 2. The van der Waals surface area contributed by atoms with Gasteiger partial charge in [-0.25, -0.2) is 4.79 Å². The number of nitrogens with two attached hydrogens (primary N) is 1. The minimum absolute atomic E-state index is 0.302. The molecule has 8 heteroatoms. The number of methoxy groups -OCH3 is 1. The topological polar surface area (TPSA) is 108 Å². The zero-order valence-corrected chi connectivity index (χ0v) is 14.4. The molecule has 126 valence electrons. The van der Waals surface area contributed by atoms with E-state index in [0.717, 1.165) is 17.3 Å². The summed E-state index contributed by atoms with van der Waals surface area (Å²) in [6, 6.07) is 8.64. The fourth-order valence-corrected chi connectivity index (χ4v) is 3.51. The predicted molar refractivity (Wildman–Crippen MR) is 91.2 cm³/mol. The van der Waals surface area contributed by atoms with Gasteiger partial charge in [0.05, 0.1) is 23.8 Å². The van der Waals surface area contributed by atoms with Gasteiger partial charge in [0, 0.05) is 20.0 Å². The molecule has 1 aromatic rings. The molecule has 0 aliphatic carbocycles. The Bertz CT molecular complexity index is 722. The third-order valence-electron chi connectivity index (χ3n) is 3.62. The monoisotopic (exact) mass is 346 g/mol. The molecular formula is C16H18N4O3S. The quantitative estimate of drug-likeness (QED) is 0.856. The molecule has 3 amide bonds. The van der Waals surface area contributed by atoms with Gasteiger partial charge in [-0.1, -0.05) is 23.9 Å². The van der Waals surface area contributed by atoms with Crippen LogP contribution in [0.15, 0.2) is 34.9 Å². The standard InChI is InChI=1S/C16H18N4O3S/c1-20(2)16(22)19-15(21)13-12(11(8-17)14(18)24-13)9-4-6-10(23-3)7-5-9/h4-7,12-13H,18H2,1-3H3,(H,19,21,22). The molecule has 3 N–H and O–H groups in total. The number of ether oxygens (including phenoxy) is 1. The van der Waals surface area contributed by atoms with Crippen LogP contribution in [0.2, 0.25) is 0 Å². The molecule has 2 atom stereocenters. The molecule has 0 radical (unpaired) electrons. The van der Waals surface area contributed by atoms with Gasteiger partial charge in [0.2, 0.25) is 5.91 Å². The lowest BCUT2D eigenvalue weighted by Crippen LogP contribution is -2.43. The van der Waals surface area contributed by atoms with E-state index >= 15 is 0 Å². The van der Waals surface area contributed by atoms with Crippen molar-refractivity contribution in [2.24, 2.45) is 5.73 Å². The summed E-state index contributed by atoms with van der Waals surface area (Å²) in [7, 11) is 4.64. The predicted octanol–water partition coefficient (Wildman–Crippen LogP) is 1.39. The maximum Gasteiger partial charge on any atom is 0.323 e. The van der Waals surface area contributed by atoms with Crippen LogP contribution in [0.1, 0.15) is 11.5 Å². The van der Waals surface area contributed by atoms with E-state index in [9.17, 15) is 14.9 Å². The lowest BCUT2D eigenvalue weighted by Gasteiger charge is -2.20. The number of amides is 3. The number of carbonyl (C=O) groups excluding carboxylic acids is 2. The van der Waals surface area contributed by atoms with Gasteiger partial charge in [0.25, 0.3) is 0 Å². The maximum absolute atomic E-state index is 12.5. The summed E-state index contributed by atoms with van der Waals surface area (Å²) in [5, 5.41) is 11.3. The number of hydrogen-bond donors (Lipinski definition) is 2. The van der Waals surface area contributed by atoms with E-state index in [-0.39, 0.29) is 0 Å². The van der Waals surface area contributed by atoms with E-state index in [1.807, 2.05) is 0 Å². The molecule has 0 saturated carbocycles. The van der Waals surface area contributed by atoms with E-state index < -0.39 is 23.1 Å². The maximum atomic E-state index is 12.5. The zero-order chi connectivity index (χ0) is 17.9. The summed E-state index contributed by atoms with van der Waals surface area (Å²) in [5.41, 5.74) is 7.01. The van der Waals surface area contributed by atoms with Crippen molar-refractivity contribution in [1.29, 1.82) is 5.26 Å². The molecule has 0 saturated heterocycles. The minimum Gasteiger partial charge on any atom is -0.497 e. The van der Waals surface area contributed by atoms with Crippen molar-refractivity contribution in [3.63, 3.8) is 0 Å². The number of thioether (sulfide) groups is 1. The first kappa shape index (κ1) is 17.7. The second-order valence-corrected chi connectivity index (χ2v) is 6.55. The van der Waals surface area contributed by atoms with Gasteiger partial charge in [-0.2, -0.15) is 5.26 Å². The van der Waals surface area contributed by atoms with E-state index in [1.165, 1.54) is 4.90 Å². The first-order valence-electron chi connectivity index (χ1n) is 7.11. The van der Waals surface area contributed by atoms with Crippen LogP contribution in [0.25, 0.3) is 0 Å². The fourth-order valence-electron chi connectivity index (χ4n) is 2.34. The lowest BCUT2D eigenvalue weighted by atomic mass is 9.88. The highest BCUT2D eigenvalue weighted by Gasteiger charge is 2.41. The third-order valence-corrected chi connectivity index (χ3v) is 4.84. The Labute approximate surface area is 144 Å². The zero-order valence-electron chi connectivity index (χ0n) is 13.6. The van der Waals surface area contributed by atoms with Gasteiger partial charge in [-0.15, -0.1) is 0 Å². The van der Waals surface area contributed by atoms with Crippen molar-refractivity contribution < 1.29 is 14.3 Å². The summed E-state index contributed by atoms with van der Waals surface area (Å²) in [6.45, 7) is 0. The summed E-state index contributed by atoms with van der Waals surface area (Å²) in [4.78, 5) is 25.5. The summed E-state index contributed by atoms with van der Waals surface area (Å²) in [5.74, 6) is -0.322. The Morgan fingerprint density at radius 2 is 1.96 bits per heavy atom. The Kier molecular flexibility index (Phi) is 5.36.